The first-order valence-corrected chi connectivity index (χ1v) is 8.51. The van der Waals surface area contributed by atoms with Gasteiger partial charge in [-0.3, -0.25) is 19.7 Å². The molecule has 0 aromatic heterocycles. The van der Waals surface area contributed by atoms with Crippen LogP contribution in [-0.4, -0.2) is 34.2 Å². The Labute approximate surface area is 150 Å². The van der Waals surface area contributed by atoms with Crippen molar-refractivity contribution in [2.24, 2.45) is 0 Å². The molecule has 7 heteroatoms. The molecular formula is C19H17N3O4. The van der Waals surface area contributed by atoms with Crippen molar-refractivity contribution in [3.8, 4) is 0 Å². The quantitative estimate of drug-likeness (QED) is 0.629. The summed E-state index contributed by atoms with van der Waals surface area (Å²) in [5.41, 5.74) is 1.90. The number of hydrogen-bond acceptors (Lipinski definition) is 4. The van der Waals surface area contributed by atoms with Crippen molar-refractivity contribution >= 4 is 23.2 Å². The van der Waals surface area contributed by atoms with Gasteiger partial charge in [-0.15, -0.1) is 0 Å². The third-order valence-electron chi connectivity index (χ3n) is 4.98. The molecule has 4 rings (SSSR count). The number of nitro groups is 1. The molecule has 132 valence electrons. The highest BCUT2D eigenvalue weighted by Crippen LogP contribution is 2.33. The van der Waals surface area contributed by atoms with Crippen molar-refractivity contribution in [1.29, 1.82) is 0 Å². The third kappa shape index (κ3) is 2.61. The van der Waals surface area contributed by atoms with Crippen molar-refractivity contribution in [2.75, 3.05) is 11.4 Å². The van der Waals surface area contributed by atoms with Gasteiger partial charge in [-0.25, -0.2) is 0 Å². The van der Waals surface area contributed by atoms with Crippen LogP contribution in [0.25, 0.3) is 0 Å². The zero-order chi connectivity index (χ0) is 18.3. The number of non-ortho nitro benzene ring substituents is 1. The Morgan fingerprint density at radius 1 is 1.08 bits per heavy atom. The molecule has 0 N–H and O–H groups in total. The first-order chi connectivity index (χ1) is 12.6. The average Bonchev–Trinajstić information content (AvgIpc) is 3.12. The summed E-state index contributed by atoms with van der Waals surface area (Å²) in [5, 5.41) is 10.8. The van der Waals surface area contributed by atoms with Crippen molar-refractivity contribution in [2.45, 2.75) is 25.4 Å². The van der Waals surface area contributed by atoms with Crippen LogP contribution in [0.1, 0.15) is 28.8 Å². The molecular weight excluding hydrogens is 334 g/mol. The number of fused-ring (bicyclic) bond motifs is 2. The second-order valence-electron chi connectivity index (χ2n) is 6.52. The van der Waals surface area contributed by atoms with Crippen LogP contribution < -0.4 is 4.90 Å². The second-order valence-corrected chi connectivity index (χ2v) is 6.52. The minimum Gasteiger partial charge on any atom is -0.327 e. The summed E-state index contributed by atoms with van der Waals surface area (Å²) in [4.78, 5) is 39.7. The number of amides is 2. The van der Waals surface area contributed by atoms with Gasteiger partial charge in [0.1, 0.15) is 6.04 Å². The molecule has 1 atom stereocenters. The lowest BCUT2D eigenvalue weighted by atomic mass is 10.1. The first-order valence-electron chi connectivity index (χ1n) is 8.51. The van der Waals surface area contributed by atoms with Gasteiger partial charge >= 0.3 is 0 Å². The Morgan fingerprint density at radius 2 is 1.81 bits per heavy atom. The normalized spacial score (nSPS) is 19.2. The van der Waals surface area contributed by atoms with Gasteiger partial charge in [0.15, 0.2) is 0 Å². The third-order valence-corrected chi connectivity index (χ3v) is 4.98. The minimum absolute atomic E-state index is 0.00786. The Hall–Kier alpha value is -3.22. The Balaban J connectivity index is 1.73. The molecule has 2 amide bonds. The van der Waals surface area contributed by atoms with Gasteiger partial charge in [-0.1, -0.05) is 24.3 Å². The summed E-state index contributed by atoms with van der Waals surface area (Å²) >= 11 is 0. The highest BCUT2D eigenvalue weighted by atomic mass is 16.6. The van der Waals surface area contributed by atoms with Crippen LogP contribution in [0.5, 0.6) is 0 Å². The zero-order valence-corrected chi connectivity index (χ0v) is 14.0. The molecule has 2 heterocycles. The summed E-state index contributed by atoms with van der Waals surface area (Å²) in [7, 11) is 0. The molecule has 1 saturated heterocycles. The average molecular weight is 351 g/mol. The van der Waals surface area contributed by atoms with Gasteiger partial charge in [0, 0.05) is 18.7 Å². The summed E-state index contributed by atoms with van der Waals surface area (Å²) in [5.74, 6) is -0.207. The lowest BCUT2D eigenvalue weighted by Crippen LogP contribution is -2.44. The van der Waals surface area contributed by atoms with E-state index < -0.39 is 11.0 Å². The standard InChI is InChI=1S/C19H17N3O4/c23-18-15-4-1-2-5-16(15)21(19(24)17-6-3-11-20(17)18)12-13-7-9-14(10-8-13)22(25)26/h1-2,4-5,7-10,17H,3,6,11-12H2. The summed E-state index contributed by atoms with van der Waals surface area (Å²) in [6.07, 6.45) is 1.48. The molecule has 2 aliphatic heterocycles. The van der Waals surface area contributed by atoms with Crippen molar-refractivity contribution in [3.05, 3.63) is 69.8 Å². The van der Waals surface area contributed by atoms with Crippen LogP contribution in [0, 0.1) is 10.1 Å². The van der Waals surface area contributed by atoms with E-state index in [9.17, 15) is 19.7 Å². The topological polar surface area (TPSA) is 83.8 Å². The smallest absolute Gasteiger partial charge is 0.269 e. The van der Waals surface area contributed by atoms with Gasteiger partial charge in [0.25, 0.3) is 11.6 Å². The van der Waals surface area contributed by atoms with E-state index in [4.69, 9.17) is 0 Å². The number of para-hydroxylation sites is 1. The number of carbonyl (C=O) groups excluding carboxylic acids is 2. The van der Waals surface area contributed by atoms with E-state index in [1.165, 1.54) is 12.1 Å². The number of rotatable bonds is 3. The predicted octanol–water partition coefficient (Wildman–Crippen LogP) is 2.75. The molecule has 26 heavy (non-hydrogen) atoms. The minimum atomic E-state index is -0.453. The van der Waals surface area contributed by atoms with E-state index in [1.807, 2.05) is 0 Å². The van der Waals surface area contributed by atoms with E-state index in [2.05, 4.69) is 0 Å². The Morgan fingerprint density at radius 3 is 2.54 bits per heavy atom. The largest absolute Gasteiger partial charge is 0.327 e. The van der Waals surface area contributed by atoms with Gasteiger partial charge < -0.3 is 9.80 Å². The van der Waals surface area contributed by atoms with E-state index in [0.717, 1.165) is 12.0 Å². The SMILES string of the molecule is O=C1C2CCCN2C(=O)c2ccccc2N1Cc1ccc([N+](=O)[O-])cc1. The molecule has 0 aliphatic carbocycles. The van der Waals surface area contributed by atoms with Crippen molar-refractivity contribution in [3.63, 3.8) is 0 Å². The second kappa shape index (κ2) is 6.25. The number of nitro benzene ring substituents is 1. The summed E-state index contributed by atoms with van der Waals surface area (Å²) < 4.78 is 0. The van der Waals surface area contributed by atoms with Crippen LogP contribution in [0.3, 0.4) is 0 Å². The van der Waals surface area contributed by atoms with Crippen LogP contribution in [0.2, 0.25) is 0 Å². The summed E-state index contributed by atoms with van der Waals surface area (Å²) in [6, 6.07) is 12.8. The molecule has 2 aromatic carbocycles. The molecule has 2 aromatic rings. The number of carbonyl (C=O) groups is 2. The van der Waals surface area contributed by atoms with Gasteiger partial charge in [-0.2, -0.15) is 0 Å². The van der Waals surface area contributed by atoms with Crippen molar-refractivity contribution in [1.82, 2.24) is 4.90 Å². The number of hydrogen-bond donors (Lipinski definition) is 0. The van der Waals surface area contributed by atoms with E-state index in [-0.39, 0.29) is 24.0 Å². The fourth-order valence-corrected chi connectivity index (χ4v) is 3.68. The zero-order valence-electron chi connectivity index (χ0n) is 14.0. The maximum Gasteiger partial charge on any atom is 0.269 e. The first kappa shape index (κ1) is 16.3. The maximum atomic E-state index is 13.1. The monoisotopic (exact) mass is 351 g/mol. The van der Waals surface area contributed by atoms with E-state index in [0.29, 0.717) is 24.2 Å². The molecule has 0 saturated carbocycles. The fourth-order valence-electron chi connectivity index (χ4n) is 3.68. The lowest BCUT2D eigenvalue weighted by molar-refractivity contribution is -0.384. The van der Waals surface area contributed by atoms with Crippen LogP contribution in [0.4, 0.5) is 11.4 Å². The number of benzene rings is 2. The molecule has 0 bridgehead atoms. The van der Waals surface area contributed by atoms with Gasteiger partial charge in [0.05, 0.1) is 22.7 Å². The number of anilines is 1. The lowest BCUT2D eigenvalue weighted by Gasteiger charge is -2.26. The van der Waals surface area contributed by atoms with E-state index in [1.54, 1.807) is 46.2 Å². The highest BCUT2D eigenvalue weighted by Gasteiger charge is 2.41. The van der Waals surface area contributed by atoms with E-state index >= 15 is 0 Å². The molecule has 0 radical (unpaired) electrons. The molecule has 2 aliphatic rings. The molecule has 1 fully saturated rings. The van der Waals surface area contributed by atoms with Gasteiger partial charge in [-0.05, 0) is 30.5 Å². The van der Waals surface area contributed by atoms with Gasteiger partial charge in [0.2, 0.25) is 5.91 Å². The maximum absolute atomic E-state index is 13.1. The molecule has 7 nitrogen and oxygen atoms in total. The van der Waals surface area contributed by atoms with Crippen LogP contribution >= 0.6 is 0 Å². The molecule has 1 unspecified atom stereocenters. The Kier molecular flexibility index (Phi) is 3.91. The molecule has 0 spiro atoms. The number of nitrogens with zero attached hydrogens (tertiary/aromatic N) is 3. The summed E-state index contributed by atoms with van der Waals surface area (Å²) in [6.45, 7) is 0.862. The highest BCUT2D eigenvalue weighted by molar-refractivity contribution is 6.11. The van der Waals surface area contributed by atoms with Crippen molar-refractivity contribution < 1.29 is 14.5 Å². The predicted molar refractivity (Wildman–Crippen MR) is 94.8 cm³/mol. The fraction of sp³-hybridized carbons (Fsp3) is 0.263. The Bertz CT molecular complexity index is 894. The van der Waals surface area contributed by atoms with Crippen LogP contribution in [0.15, 0.2) is 48.5 Å². The van der Waals surface area contributed by atoms with Crippen LogP contribution in [-0.2, 0) is 11.3 Å².